The van der Waals surface area contributed by atoms with E-state index in [0.29, 0.717) is 0 Å². The quantitative estimate of drug-likeness (QED) is 0.541. The Morgan fingerprint density at radius 1 is 0.667 bits per heavy atom. The van der Waals surface area contributed by atoms with Gasteiger partial charge in [0.2, 0.25) is 0 Å². The van der Waals surface area contributed by atoms with Crippen molar-refractivity contribution in [2.45, 2.75) is 6.92 Å². The predicted molar refractivity (Wildman–Crippen MR) is 89.0 cm³/mol. The Hall–Kier alpha value is -2.78. The molecule has 0 spiro atoms. The molecule has 0 amide bonds. The summed E-state index contributed by atoms with van der Waals surface area (Å²) in [6.45, 7) is 2.11. The van der Waals surface area contributed by atoms with Crippen LogP contribution in [-0.4, -0.2) is 0 Å². The van der Waals surface area contributed by atoms with Gasteiger partial charge in [-0.25, -0.2) is 0 Å². The first-order chi connectivity index (χ1) is 10.3. The molecule has 0 heteroatoms. The number of aryl methyl sites for hydroxylation is 1. The van der Waals surface area contributed by atoms with Gasteiger partial charge in [0.1, 0.15) is 0 Å². The molecule has 0 fully saturated rings. The van der Waals surface area contributed by atoms with Crippen molar-refractivity contribution >= 4 is 0 Å². The van der Waals surface area contributed by atoms with E-state index in [1.165, 1.54) is 16.7 Å². The molecule has 0 nitrogen and oxygen atoms in total. The summed E-state index contributed by atoms with van der Waals surface area (Å²) >= 11 is 0. The fraction of sp³-hybridized carbons (Fsp3) is 0.0476. The summed E-state index contributed by atoms with van der Waals surface area (Å²) in [5.74, 6) is 6.55. The molecule has 21 heavy (non-hydrogen) atoms. The van der Waals surface area contributed by atoms with Crippen LogP contribution >= 0.6 is 0 Å². The number of hydrogen-bond donors (Lipinski definition) is 0. The normalized spacial score (nSPS) is 9.76. The third-order valence-electron chi connectivity index (χ3n) is 3.38. The molecule has 0 aliphatic rings. The van der Waals surface area contributed by atoms with Crippen molar-refractivity contribution in [2.24, 2.45) is 0 Å². The Morgan fingerprint density at radius 2 is 1.33 bits per heavy atom. The highest BCUT2D eigenvalue weighted by Gasteiger charge is 2.03. The van der Waals surface area contributed by atoms with Crippen molar-refractivity contribution in [1.82, 2.24) is 0 Å². The third-order valence-corrected chi connectivity index (χ3v) is 3.38. The van der Waals surface area contributed by atoms with Gasteiger partial charge in [-0.1, -0.05) is 78.1 Å². The molecule has 0 saturated heterocycles. The largest absolute Gasteiger partial charge is 0.0622 e. The van der Waals surface area contributed by atoms with Crippen LogP contribution in [0.25, 0.3) is 11.1 Å². The van der Waals surface area contributed by atoms with Crippen molar-refractivity contribution in [3.63, 3.8) is 0 Å². The number of rotatable bonds is 1. The summed E-state index contributed by atoms with van der Waals surface area (Å²) < 4.78 is 0. The molecule has 0 aliphatic heterocycles. The van der Waals surface area contributed by atoms with Gasteiger partial charge in [-0.15, -0.1) is 0 Å². The molecule has 0 saturated carbocycles. The minimum atomic E-state index is 1.04. The van der Waals surface area contributed by atoms with E-state index in [9.17, 15) is 0 Å². The topological polar surface area (TPSA) is 0 Å². The first-order valence-electron chi connectivity index (χ1n) is 7.06. The van der Waals surface area contributed by atoms with E-state index in [0.717, 1.165) is 11.1 Å². The Balaban J connectivity index is 2.06. The lowest BCUT2D eigenvalue weighted by Gasteiger charge is -2.06. The average molecular weight is 268 g/mol. The van der Waals surface area contributed by atoms with Gasteiger partial charge in [0.05, 0.1) is 0 Å². The van der Waals surface area contributed by atoms with Crippen LogP contribution in [0.1, 0.15) is 16.7 Å². The molecular formula is C21H16. The van der Waals surface area contributed by atoms with E-state index >= 15 is 0 Å². The lowest BCUT2D eigenvalue weighted by molar-refractivity contribution is 1.45. The molecule has 0 N–H and O–H groups in total. The van der Waals surface area contributed by atoms with Gasteiger partial charge >= 0.3 is 0 Å². The molecule has 0 aliphatic carbocycles. The maximum atomic E-state index is 3.31. The molecule has 0 radical (unpaired) electrons. The Kier molecular flexibility index (Phi) is 3.85. The van der Waals surface area contributed by atoms with Gasteiger partial charge in [0.25, 0.3) is 0 Å². The Morgan fingerprint density at radius 3 is 2.05 bits per heavy atom. The van der Waals surface area contributed by atoms with E-state index in [2.05, 4.69) is 61.2 Å². The van der Waals surface area contributed by atoms with Crippen LogP contribution in [0.4, 0.5) is 0 Å². The molecule has 100 valence electrons. The van der Waals surface area contributed by atoms with Crippen molar-refractivity contribution in [3.05, 3.63) is 95.6 Å². The molecule has 0 heterocycles. The first-order valence-corrected chi connectivity index (χ1v) is 7.06. The van der Waals surface area contributed by atoms with Crippen LogP contribution in [0.15, 0.2) is 78.9 Å². The summed E-state index contributed by atoms with van der Waals surface area (Å²) in [4.78, 5) is 0. The SMILES string of the molecule is Cc1ccc(C#Cc2ccccc2)c(-c2ccccc2)c1. The molecule has 0 atom stereocenters. The molecular weight excluding hydrogens is 252 g/mol. The predicted octanol–water partition coefficient (Wildman–Crippen LogP) is 5.06. The maximum Gasteiger partial charge on any atom is 0.0327 e. The van der Waals surface area contributed by atoms with Crippen molar-refractivity contribution in [3.8, 4) is 23.0 Å². The zero-order valence-corrected chi connectivity index (χ0v) is 12.0. The van der Waals surface area contributed by atoms with Crippen LogP contribution < -0.4 is 0 Å². The van der Waals surface area contributed by atoms with Crippen LogP contribution in [0.2, 0.25) is 0 Å². The van der Waals surface area contributed by atoms with E-state index in [4.69, 9.17) is 0 Å². The standard InChI is InChI=1S/C21H16/c1-17-12-14-20(15-13-18-8-4-2-5-9-18)21(16-17)19-10-6-3-7-11-19/h2-12,14,16H,1H3. The molecule has 0 aromatic heterocycles. The van der Waals surface area contributed by atoms with Gasteiger partial charge in [-0.05, 0) is 36.2 Å². The van der Waals surface area contributed by atoms with Crippen LogP contribution in [-0.2, 0) is 0 Å². The van der Waals surface area contributed by atoms with Crippen LogP contribution in [0.5, 0.6) is 0 Å². The molecule has 3 aromatic rings. The third kappa shape index (κ3) is 3.22. The lowest BCUT2D eigenvalue weighted by Crippen LogP contribution is -1.86. The van der Waals surface area contributed by atoms with E-state index in [1.54, 1.807) is 0 Å². The van der Waals surface area contributed by atoms with Gasteiger partial charge in [0, 0.05) is 11.1 Å². The summed E-state index contributed by atoms with van der Waals surface area (Å²) in [5, 5.41) is 0. The number of hydrogen-bond acceptors (Lipinski definition) is 0. The zero-order valence-electron chi connectivity index (χ0n) is 12.0. The van der Waals surface area contributed by atoms with Gasteiger partial charge in [0.15, 0.2) is 0 Å². The van der Waals surface area contributed by atoms with Crippen LogP contribution in [0.3, 0.4) is 0 Å². The zero-order chi connectivity index (χ0) is 14.5. The molecule has 3 rings (SSSR count). The van der Waals surface area contributed by atoms with Crippen molar-refractivity contribution in [1.29, 1.82) is 0 Å². The summed E-state index contributed by atoms with van der Waals surface area (Å²) in [6, 6.07) is 26.9. The highest BCUT2D eigenvalue weighted by molar-refractivity contribution is 5.72. The smallest absolute Gasteiger partial charge is 0.0327 e. The summed E-state index contributed by atoms with van der Waals surface area (Å²) in [7, 11) is 0. The van der Waals surface area contributed by atoms with Gasteiger partial charge in [-0.2, -0.15) is 0 Å². The van der Waals surface area contributed by atoms with Gasteiger partial charge in [-0.3, -0.25) is 0 Å². The second-order valence-corrected chi connectivity index (χ2v) is 5.03. The lowest BCUT2D eigenvalue weighted by atomic mass is 9.97. The Labute approximate surface area is 126 Å². The Bertz CT molecular complexity index is 788. The monoisotopic (exact) mass is 268 g/mol. The second-order valence-electron chi connectivity index (χ2n) is 5.03. The summed E-state index contributed by atoms with van der Waals surface area (Å²) in [6.07, 6.45) is 0. The van der Waals surface area contributed by atoms with Crippen LogP contribution in [0, 0.1) is 18.8 Å². The second kappa shape index (κ2) is 6.11. The molecule has 0 unspecified atom stereocenters. The van der Waals surface area contributed by atoms with Gasteiger partial charge < -0.3 is 0 Å². The highest BCUT2D eigenvalue weighted by Crippen LogP contribution is 2.24. The summed E-state index contributed by atoms with van der Waals surface area (Å²) in [5.41, 5.74) is 5.75. The van der Waals surface area contributed by atoms with E-state index in [1.807, 2.05) is 36.4 Å². The highest BCUT2D eigenvalue weighted by atomic mass is 14.1. The van der Waals surface area contributed by atoms with Crippen molar-refractivity contribution < 1.29 is 0 Å². The minimum absolute atomic E-state index is 1.04. The number of benzene rings is 3. The fourth-order valence-corrected chi connectivity index (χ4v) is 2.28. The van der Waals surface area contributed by atoms with Crippen molar-refractivity contribution in [2.75, 3.05) is 0 Å². The van der Waals surface area contributed by atoms with E-state index < -0.39 is 0 Å². The minimum Gasteiger partial charge on any atom is -0.0622 e. The molecule has 0 bridgehead atoms. The first kappa shape index (κ1) is 13.2. The van der Waals surface area contributed by atoms with E-state index in [-0.39, 0.29) is 0 Å². The fourth-order valence-electron chi connectivity index (χ4n) is 2.28. The molecule has 3 aromatic carbocycles. The maximum absolute atomic E-state index is 3.31. The average Bonchev–Trinajstić information content (AvgIpc) is 2.55.